The second-order valence-corrected chi connectivity index (χ2v) is 6.47. The molecular formula is C18H29N3O. The van der Waals surface area contributed by atoms with E-state index in [1.165, 1.54) is 12.8 Å². The minimum Gasteiger partial charge on any atom is -0.352 e. The van der Waals surface area contributed by atoms with Gasteiger partial charge in [0.05, 0.1) is 0 Å². The fourth-order valence-corrected chi connectivity index (χ4v) is 3.13. The fourth-order valence-electron chi connectivity index (χ4n) is 3.13. The molecule has 4 heteroatoms. The summed E-state index contributed by atoms with van der Waals surface area (Å²) in [5.41, 5.74) is 3.06. The van der Waals surface area contributed by atoms with Crippen LogP contribution in [-0.4, -0.2) is 50.6 Å². The lowest BCUT2D eigenvalue weighted by atomic mass is 9.96. The van der Waals surface area contributed by atoms with Crippen molar-refractivity contribution in [3.05, 3.63) is 34.9 Å². The number of carbonyl (C=O) groups is 1. The van der Waals surface area contributed by atoms with E-state index in [4.69, 9.17) is 0 Å². The highest BCUT2D eigenvalue weighted by atomic mass is 16.1. The predicted molar refractivity (Wildman–Crippen MR) is 91.3 cm³/mol. The molecule has 122 valence electrons. The third kappa shape index (κ3) is 5.11. The molecule has 0 unspecified atom stereocenters. The lowest BCUT2D eigenvalue weighted by Crippen LogP contribution is -2.40. The summed E-state index contributed by atoms with van der Waals surface area (Å²) < 4.78 is 0. The van der Waals surface area contributed by atoms with Crippen LogP contribution in [0.25, 0.3) is 0 Å². The van der Waals surface area contributed by atoms with Crippen LogP contribution in [0.1, 0.15) is 34.3 Å². The van der Waals surface area contributed by atoms with Crippen molar-refractivity contribution in [2.24, 2.45) is 5.92 Å². The first kappa shape index (κ1) is 17.0. The van der Waals surface area contributed by atoms with Crippen LogP contribution in [0.5, 0.6) is 0 Å². The third-order valence-corrected chi connectivity index (χ3v) is 4.42. The summed E-state index contributed by atoms with van der Waals surface area (Å²) in [5, 5.41) is 6.31. The van der Waals surface area contributed by atoms with E-state index >= 15 is 0 Å². The van der Waals surface area contributed by atoms with Crippen molar-refractivity contribution in [1.29, 1.82) is 0 Å². The van der Waals surface area contributed by atoms with Crippen molar-refractivity contribution >= 4 is 5.91 Å². The summed E-state index contributed by atoms with van der Waals surface area (Å²) in [7, 11) is 2.00. The highest BCUT2D eigenvalue weighted by Crippen LogP contribution is 2.16. The molecule has 1 saturated heterocycles. The van der Waals surface area contributed by atoms with Gasteiger partial charge >= 0.3 is 0 Å². The van der Waals surface area contributed by atoms with Crippen LogP contribution in [0.15, 0.2) is 18.2 Å². The number of hydrogen-bond acceptors (Lipinski definition) is 3. The van der Waals surface area contributed by atoms with Crippen LogP contribution in [0.2, 0.25) is 0 Å². The molecule has 0 aromatic heterocycles. The highest BCUT2D eigenvalue weighted by molar-refractivity contribution is 5.94. The molecule has 22 heavy (non-hydrogen) atoms. The van der Waals surface area contributed by atoms with Crippen LogP contribution in [-0.2, 0) is 0 Å². The summed E-state index contributed by atoms with van der Waals surface area (Å²) >= 11 is 0. The van der Waals surface area contributed by atoms with E-state index in [1.807, 2.05) is 33.0 Å². The van der Waals surface area contributed by atoms with E-state index in [0.29, 0.717) is 5.92 Å². The Labute approximate surface area is 134 Å². The van der Waals surface area contributed by atoms with E-state index in [9.17, 15) is 4.79 Å². The van der Waals surface area contributed by atoms with Gasteiger partial charge in [-0.15, -0.1) is 0 Å². The van der Waals surface area contributed by atoms with E-state index < -0.39 is 0 Å². The molecule has 2 rings (SSSR count). The number of aryl methyl sites for hydroxylation is 2. The zero-order valence-electron chi connectivity index (χ0n) is 14.1. The second-order valence-electron chi connectivity index (χ2n) is 6.47. The Hall–Kier alpha value is -1.39. The SMILES string of the molecule is CNCCN1CCC(CNC(=O)c2cc(C)cc(C)c2)CC1. The molecule has 0 spiro atoms. The lowest BCUT2D eigenvalue weighted by molar-refractivity contribution is 0.0936. The lowest BCUT2D eigenvalue weighted by Gasteiger charge is -2.31. The van der Waals surface area contributed by atoms with Crippen molar-refractivity contribution in [3.63, 3.8) is 0 Å². The van der Waals surface area contributed by atoms with Gasteiger partial charge in [0.2, 0.25) is 0 Å². The summed E-state index contributed by atoms with van der Waals surface area (Å²) in [5.74, 6) is 0.671. The Bertz CT molecular complexity index is 473. The van der Waals surface area contributed by atoms with Crippen molar-refractivity contribution in [1.82, 2.24) is 15.5 Å². The molecule has 1 aromatic rings. The molecule has 4 nitrogen and oxygen atoms in total. The maximum absolute atomic E-state index is 12.3. The van der Waals surface area contributed by atoms with Gasteiger partial charge in [-0.2, -0.15) is 0 Å². The number of nitrogens with one attached hydrogen (secondary N) is 2. The molecule has 0 aliphatic carbocycles. The fraction of sp³-hybridized carbons (Fsp3) is 0.611. The number of piperidine rings is 1. The molecule has 1 aromatic carbocycles. The van der Waals surface area contributed by atoms with Gasteiger partial charge in [0.25, 0.3) is 5.91 Å². The number of rotatable bonds is 6. The van der Waals surface area contributed by atoms with Gasteiger partial charge in [-0.1, -0.05) is 17.2 Å². The largest absolute Gasteiger partial charge is 0.352 e. The average molecular weight is 303 g/mol. The molecule has 2 N–H and O–H groups in total. The molecular weight excluding hydrogens is 274 g/mol. The molecule has 1 fully saturated rings. The van der Waals surface area contributed by atoms with Gasteiger partial charge in [0.1, 0.15) is 0 Å². The van der Waals surface area contributed by atoms with Gasteiger partial charge in [-0.25, -0.2) is 0 Å². The van der Waals surface area contributed by atoms with Gasteiger partial charge in [-0.05, 0) is 64.9 Å². The zero-order chi connectivity index (χ0) is 15.9. The molecule has 0 radical (unpaired) electrons. The number of benzene rings is 1. The molecule has 1 amide bonds. The maximum Gasteiger partial charge on any atom is 0.251 e. The topological polar surface area (TPSA) is 44.4 Å². The number of hydrogen-bond donors (Lipinski definition) is 2. The van der Waals surface area contributed by atoms with Crippen molar-refractivity contribution in [2.45, 2.75) is 26.7 Å². The first-order chi connectivity index (χ1) is 10.6. The van der Waals surface area contributed by atoms with E-state index in [2.05, 4.69) is 21.6 Å². The van der Waals surface area contributed by atoms with E-state index in [0.717, 1.165) is 49.4 Å². The Balaban J connectivity index is 1.75. The molecule has 1 aliphatic rings. The number of amides is 1. The minimum atomic E-state index is 0.0596. The maximum atomic E-state index is 12.3. The molecule has 0 atom stereocenters. The Morgan fingerprint density at radius 2 is 1.82 bits per heavy atom. The Morgan fingerprint density at radius 1 is 1.18 bits per heavy atom. The summed E-state index contributed by atoms with van der Waals surface area (Å²) in [6, 6.07) is 6.02. The van der Waals surface area contributed by atoms with Crippen LogP contribution < -0.4 is 10.6 Å². The van der Waals surface area contributed by atoms with Crippen molar-refractivity contribution < 1.29 is 4.79 Å². The number of likely N-dealkylation sites (N-methyl/N-ethyl adjacent to an activating group) is 1. The molecule has 1 heterocycles. The smallest absolute Gasteiger partial charge is 0.251 e. The monoisotopic (exact) mass is 303 g/mol. The van der Waals surface area contributed by atoms with Gasteiger partial charge in [0, 0.05) is 25.2 Å². The van der Waals surface area contributed by atoms with Crippen molar-refractivity contribution in [2.75, 3.05) is 39.8 Å². The number of carbonyl (C=O) groups excluding carboxylic acids is 1. The van der Waals surface area contributed by atoms with Gasteiger partial charge < -0.3 is 15.5 Å². The minimum absolute atomic E-state index is 0.0596. The molecule has 0 saturated carbocycles. The normalized spacial score (nSPS) is 16.7. The first-order valence-electron chi connectivity index (χ1n) is 8.32. The van der Waals surface area contributed by atoms with E-state index in [1.54, 1.807) is 0 Å². The van der Waals surface area contributed by atoms with Crippen molar-refractivity contribution in [3.8, 4) is 0 Å². The first-order valence-corrected chi connectivity index (χ1v) is 8.32. The van der Waals surface area contributed by atoms with Crippen LogP contribution in [0.3, 0.4) is 0 Å². The molecule has 0 bridgehead atoms. The number of nitrogens with zero attached hydrogens (tertiary/aromatic N) is 1. The Kier molecular flexibility index (Phi) is 6.40. The Morgan fingerprint density at radius 3 is 2.41 bits per heavy atom. The van der Waals surface area contributed by atoms with Gasteiger partial charge in [-0.3, -0.25) is 4.79 Å². The van der Waals surface area contributed by atoms with Crippen LogP contribution >= 0.6 is 0 Å². The second kappa shape index (κ2) is 8.30. The van der Waals surface area contributed by atoms with Crippen LogP contribution in [0, 0.1) is 19.8 Å². The zero-order valence-corrected chi connectivity index (χ0v) is 14.1. The summed E-state index contributed by atoms with van der Waals surface area (Å²) in [6.07, 6.45) is 2.35. The number of likely N-dealkylation sites (tertiary alicyclic amines) is 1. The molecule has 1 aliphatic heterocycles. The third-order valence-electron chi connectivity index (χ3n) is 4.42. The van der Waals surface area contributed by atoms with E-state index in [-0.39, 0.29) is 5.91 Å². The summed E-state index contributed by atoms with van der Waals surface area (Å²) in [4.78, 5) is 14.8. The van der Waals surface area contributed by atoms with Crippen LogP contribution in [0.4, 0.5) is 0 Å². The summed E-state index contributed by atoms with van der Waals surface area (Å²) in [6.45, 7) is 9.32. The standard InChI is InChI=1S/C18H29N3O/c1-14-10-15(2)12-17(11-14)18(22)20-13-16-4-7-21(8-5-16)9-6-19-3/h10-12,16,19H,4-9,13H2,1-3H3,(H,20,22). The highest BCUT2D eigenvalue weighted by Gasteiger charge is 2.19. The predicted octanol–water partition coefficient (Wildman–Crippen LogP) is 1.96. The van der Waals surface area contributed by atoms with Gasteiger partial charge in [0.15, 0.2) is 0 Å². The average Bonchev–Trinajstić information content (AvgIpc) is 2.50. The quantitative estimate of drug-likeness (QED) is 0.844.